The lowest BCUT2D eigenvalue weighted by atomic mass is 10.2. The Hall–Kier alpha value is -0.660. The molecule has 0 spiro atoms. The van der Waals surface area contributed by atoms with Crippen molar-refractivity contribution in [2.75, 3.05) is 25.1 Å². The molecule has 1 aromatic carbocycles. The monoisotopic (exact) mass is 346 g/mol. The molecule has 5 heteroatoms. The molecule has 1 fully saturated rings. The summed E-state index contributed by atoms with van der Waals surface area (Å²) in [5.41, 5.74) is 0.840. The topological polar surface area (TPSA) is 50.4 Å². The summed E-state index contributed by atoms with van der Waals surface area (Å²) in [6, 6.07) is 7.89. The first-order valence-electron chi connectivity index (χ1n) is 5.60. The molecule has 17 heavy (non-hydrogen) atoms. The van der Waals surface area contributed by atoms with Crippen molar-refractivity contribution >= 4 is 34.2 Å². The number of ether oxygens (including phenoxy) is 1. The van der Waals surface area contributed by atoms with Crippen LogP contribution in [0.4, 0.5) is 5.69 Å². The lowest BCUT2D eigenvalue weighted by molar-refractivity contribution is -0.117. The molecule has 1 amide bonds. The minimum Gasteiger partial charge on any atom is -0.378 e. The average molecular weight is 346 g/mol. The second-order valence-corrected chi connectivity index (χ2v) is 5.23. The smallest absolute Gasteiger partial charge is 0.226 e. The predicted molar refractivity (Wildman–Crippen MR) is 75.0 cm³/mol. The van der Waals surface area contributed by atoms with Crippen molar-refractivity contribution < 1.29 is 9.53 Å². The summed E-state index contributed by atoms with van der Waals surface area (Å²) in [5, 5.41) is 6.14. The average Bonchev–Trinajstić information content (AvgIpc) is 2.33. The lowest BCUT2D eigenvalue weighted by Gasteiger charge is -2.23. The lowest BCUT2D eigenvalue weighted by Crippen LogP contribution is -2.43. The first kappa shape index (κ1) is 12.8. The number of anilines is 1. The Labute approximate surface area is 114 Å². The van der Waals surface area contributed by atoms with E-state index in [0.717, 1.165) is 22.4 Å². The van der Waals surface area contributed by atoms with E-state index in [2.05, 4.69) is 33.2 Å². The molecule has 1 unspecified atom stereocenters. The second kappa shape index (κ2) is 6.32. The number of benzene rings is 1. The number of hydrogen-bond acceptors (Lipinski definition) is 3. The molecule has 1 aliphatic heterocycles. The van der Waals surface area contributed by atoms with Gasteiger partial charge >= 0.3 is 0 Å². The van der Waals surface area contributed by atoms with Gasteiger partial charge in [0.15, 0.2) is 0 Å². The molecule has 2 rings (SSSR count). The Kier molecular flexibility index (Phi) is 4.75. The van der Waals surface area contributed by atoms with Crippen molar-refractivity contribution in [1.82, 2.24) is 5.32 Å². The SMILES string of the molecule is O=C(CC1COCCN1)Nc1ccc(I)cc1. The molecule has 1 saturated heterocycles. The van der Waals surface area contributed by atoms with Crippen LogP contribution in [0.2, 0.25) is 0 Å². The summed E-state index contributed by atoms with van der Waals surface area (Å²) in [4.78, 5) is 11.8. The molecule has 92 valence electrons. The van der Waals surface area contributed by atoms with Gasteiger partial charge in [0.1, 0.15) is 0 Å². The Bertz CT molecular complexity index is 375. The van der Waals surface area contributed by atoms with Crippen LogP contribution in [0.3, 0.4) is 0 Å². The van der Waals surface area contributed by atoms with E-state index in [1.54, 1.807) is 0 Å². The van der Waals surface area contributed by atoms with E-state index in [1.807, 2.05) is 24.3 Å². The molecular formula is C12H15IN2O2. The highest BCUT2D eigenvalue weighted by Crippen LogP contribution is 2.11. The van der Waals surface area contributed by atoms with Gasteiger partial charge in [0.25, 0.3) is 0 Å². The minimum absolute atomic E-state index is 0.0224. The molecule has 1 aliphatic rings. The van der Waals surface area contributed by atoms with Crippen LogP contribution >= 0.6 is 22.6 Å². The number of carbonyl (C=O) groups excluding carboxylic acids is 1. The fourth-order valence-electron chi connectivity index (χ4n) is 1.72. The van der Waals surface area contributed by atoms with Gasteiger partial charge in [0.05, 0.1) is 13.2 Å². The van der Waals surface area contributed by atoms with Crippen molar-refractivity contribution in [3.05, 3.63) is 27.8 Å². The van der Waals surface area contributed by atoms with Crippen LogP contribution in [0.5, 0.6) is 0 Å². The highest BCUT2D eigenvalue weighted by molar-refractivity contribution is 14.1. The summed E-state index contributed by atoms with van der Waals surface area (Å²) < 4.78 is 6.46. The van der Waals surface area contributed by atoms with E-state index in [4.69, 9.17) is 4.74 Å². The van der Waals surface area contributed by atoms with Crippen molar-refractivity contribution in [3.63, 3.8) is 0 Å². The van der Waals surface area contributed by atoms with Crippen LogP contribution in [0.1, 0.15) is 6.42 Å². The number of halogens is 1. The Morgan fingerprint density at radius 2 is 2.24 bits per heavy atom. The zero-order chi connectivity index (χ0) is 12.1. The summed E-state index contributed by atoms with van der Waals surface area (Å²) in [5.74, 6) is 0.0224. The Morgan fingerprint density at radius 3 is 2.88 bits per heavy atom. The summed E-state index contributed by atoms with van der Waals surface area (Å²) in [6.07, 6.45) is 0.450. The van der Waals surface area contributed by atoms with Gasteiger partial charge in [-0.25, -0.2) is 0 Å². The van der Waals surface area contributed by atoms with E-state index >= 15 is 0 Å². The van der Waals surface area contributed by atoms with Crippen LogP contribution in [-0.4, -0.2) is 31.7 Å². The highest BCUT2D eigenvalue weighted by atomic mass is 127. The van der Waals surface area contributed by atoms with Gasteiger partial charge in [-0.2, -0.15) is 0 Å². The zero-order valence-corrected chi connectivity index (χ0v) is 11.6. The van der Waals surface area contributed by atoms with E-state index in [1.165, 1.54) is 0 Å². The van der Waals surface area contributed by atoms with Crippen molar-refractivity contribution in [1.29, 1.82) is 0 Å². The molecule has 0 aliphatic carbocycles. The van der Waals surface area contributed by atoms with Crippen molar-refractivity contribution in [3.8, 4) is 0 Å². The first-order chi connectivity index (χ1) is 8.24. The maximum absolute atomic E-state index is 11.8. The molecule has 1 aromatic rings. The van der Waals surface area contributed by atoms with Crippen molar-refractivity contribution in [2.24, 2.45) is 0 Å². The van der Waals surface area contributed by atoms with Gasteiger partial charge in [-0.1, -0.05) is 0 Å². The number of carbonyl (C=O) groups is 1. The maximum Gasteiger partial charge on any atom is 0.226 e. The standard InChI is InChI=1S/C12H15IN2O2/c13-9-1-3-10(4-2-9)15-12(16)7-11-8-17-6-5-14-11/h1-4,11,14H,5-8H2,(H,15,16). The van der Waals surface area contributed by atoms with Crippen LogP contribution in [0.15, 0.2) is 24.3 Å². The van der Waals surface area contributed by atoms with Crippen LogP contribution < -0.4 is 10.6 Å². The largest absolute Gasteiger partial charge is 0.378 e. The molecule has 4 nitrogen and oxygen atoms in total. The Balaban J connectivity index is 1.82. The third kappa shape index (κ3) is 4.25. The van der Waals surface area contributed by atoms with Gasteiger partial charge < -0.3 is 15.4 Å². The summed E-state index contributed by atoms with van der Waals surface area (Å²) in [6.45, 7) is 2.16. The van der Waals surface area contributed by atoms with Crippen molar-refractivity contribution in [2.45, 2.75) is 12.5 Å². The fourth-order valence-corrected chi connectivity index (χ4v) is 2.08. The van der Waals surface area contributed by atoms with Gasteiger partial charge in [-0.3, -0.25) is 4.79 Å². The number of nitrogens with one attached hydrogen (secondary N) is 2. The van der Waals surface area contributed by atoms with Crippen LogP contribution in [-0.2, 0) is 9.53 Å². The quantitative estimate of drug-likeness (QED) is 0.818. The van der Waals surface area contributed by atoms with E-state index in [0.29, 0.717) is 13.0 Å². The molecule has 0 aromatic heterocycles. The zero-order valence-electron chi connectivity index (χ0n) is 9.41. The molecule has 0 saturated carbocycles. The summed E-state index contributed by atoms with van der Waals surface area (Å²) >= 11 is 2.24. The maximum atomic E-state index is 11.8. The molecular weight excluding hydrogens is 331 g/mol. The molecule has 1 heterocycles. The number of amides is 1. The molecule has 0 radical (unpaired) electrons. The van der Waals surface area contributed by atoms with Gasteiger partial charge in [-0.05, 0) is 46.9 Å². The second-order valence-electron chi connectivity index (χ2n) is 3.99. The van der Waals surface area contributed by atoms with Crippen LogP contribution in [0, 0.1) is 3.57 Å². The molecule has 1 atom stereocenters. The minimum atomic E-state index is 0.0224. The Morgan fingerprint density at radius 1 is 1.47 bits per heavy atom. The van der Waals surface area contributed by atoms with E-state index < -0.39 is 0 Å². The number of hydrogen-bond donors (Lipinski definition) is 2. The third-order valence-corrected chi connectivity index (χ3v) is 3.28. The number of morpholine rings is 1. The molecule has 0 bridgehead atoms. The molecule has 2 N–H and O–H groups in total. The summed E-state index contributed by atoms with van der Waals surface area (Å²) in [7, 11) is 0. The van der Waals surface area contributed by atoms with Gasteiger partial charge in [0.2, 0.25) is 5.91 Å². The van der Waals surface area contributed by atoms with E-state index in [-0.39, 0.29) is 11.9 Å². The predicted octanol–water partition coefficient (Wildman–Crippen LogP) is 1.61. The van der Waals surface area contributed by atoms with Gasteiger partial charge in [0, 0.05) is 28.3 Å². The third-order valence-electron chi connectivity index (χ3n) is 2.56. The first-order valence-corrected chi connectivity index (χ1v) is 6.68. The van der Waals surface area contributed by atoms with E-state index in [9.17, 15) is 4.79 Å². The number of rotatable bonds is 3. The normalized spacial score (nSPS) is 19.9. The fraction of sp³-hybridized carbons (Fsp3) is 0.417. The highest BCUT2D eigenvalue weighted by Gasteiger charge is 2.16. The van der Waals surface area contributed by atoms with Gasteiger partial charge in [-0.15, -0.1) is 0 Å². The van der Waals surface area contributed by atoms with Crippen LogP contribution in [0.25, 0.3) is 0 Å².